The van der Waals surface area contributed by atoms with E-state index in [4.69, 9.17) is 9.98 Å². The maximum Gasteiger partial charge on any atom is 0.196 e. The lowest BCUT2D eigenvalue weighted by molar-refractivity contribution is -0.118. The van der Waals surface area contributed by atoms with E-state index in [1.54, 1.807) is 42.5 Å². The van der Waals surface area contributed by atoms with E-state index in [-0.39, 0.29) is 23.1 Å². The second-order valence-corrected chi connectivity index (χ2v) is 10.8. The first-order valence-electron chi connectivity index (χ1n) is 13.7. The van der Waals surface area contributed by atoms with Crippen molar-refractivity contribution in [3.8, 4) is 11.5 Å². The van der Waals surface area contributed by atoms with Gasteiger partial charge in [-0.15, -0.1) is 0 Å². The van der Waals surface area contributed by atoms with Gasteiger partial charge in [0.1, 0.15) is 11.5 Å². The second kappa shape index (κ2) is 8.94. The Balaban J connectivity index is 1.34. The van der Waals surface area contributed by atoms with Crippen LogP contribution in [0.25, 0.3) is 17.2 Å². The Morgan fingerprint density at radius 1 is 0.643 bits per heavy atom. The molecule has 200 valence electrons. The number of allylic oxidation sites excluding steroid dienone is 5. The van der Waals surface area contributed by atoms with Gasteiger partial charge in [-0.2, -0.15) is 0 Å². The molecule has 2 aliphatic carbocycles. The van der Waals surface area contributed by atoms with Crippen molar-refractivity contribution in [2.45, 2.75) is 6.42 Å². The average Bonchev–Trinajstić information content (AvgIpc) is 3.70. The minimum Gasteiger partial charge on any atom is -0.508 e. The number of fused-ring (bicyclic) bond motifs is 6. The molecule has 2 N–H and O–H groups in total. The van der Waals surface area contributed by atoms with Gasteiger partial charge in [-0.25, -0.2) is 4.99 Å². The summed E-state index contributed by atoms with van der Waals surface area (Å²) in [5.74, 6) is -0.678. The Morgan fingerprint density at radius 3 is 1.93 bits per heavy atom. The van der Waals surface area contributed by atoms with Gasteiger partial charge < -0.3 is 10.2 Å². The molecule has 4 aliphatic rings. The van der Waals surface area contributed by atoms with Crippen LogP contribution in [0, 0.1) is 5.92 Å². The van der Waals surface area contributed by atoms with Gasteiger partial charge in [0.05, 0.1) is 28.7 Å². The zero-order chi connectivity index (χ0) is 28.5. The molecule has 0 aromatic heterocycles. The van der Waals surface area contributed by atoms with Gasteiger partial charge in [-0.1, -0.05) is 60.7 Å². The number of hydrogen-bond acceptors (Lipinski definition) is 6. The third-order valence-electron chi connectivity index (χ3n) is 8.26. The summed E-state index contributed by atoms with van der Waals surface area (Å²) in [6.07, 6.45) is 2.17. The fourth-order valence-corrected chi connectivity index (χ4v) is 6.35. The molecule has 2 aliphatic heterocycles. The van der Waals surface area contributed by atoms with Gasteiger partial charge in [0.25, 0.3) is 0 Å². The second-order valence-electron chi connectivity index (χ2n) is 10.8. The predicted molar refractivity (Wildman–Crippen MR) is 162 cm³/mol. The number of carbonyl (C=O) groups is 2. The number of para-hydroxylation sites is 2. The van der Waals surface area contributed by atoms with Crippen LogP contribution in [0.2, 0.25) is 0 Å². The Hall–Kier alpha value is -5.62. The lowest BCUT2D eigenvalue weighted by Crippen LogP contribution is -2.21. The molecule has 1 atom stereocenters. The van der Waals surface area contributed by atoms with Crippen LogP contribution in [-0.4, -0.2) is 33.2 Å². The normalized spacial score (nSPS) is 19.2. The summed E-state index contributed by atoms with van der Waals surface area (Å²) < 4.78 is 0. The average molecular weight is 547 g/mol. The Morgan fingerprint density at radius 2 is 1.24 bits per heavy atom. The van der Waals surface area contributed by atoms with Crippen LogP contribution in [0.15, 0.2) is 124 Å². The van der Waals surface area contributed by atoms with E-state index < -0.39 is 5.92 Å². The van der Waals surface area contributed by atoms with Crippen molar-refractivity contribution >= 4 is 51.6 Å². The summed E-state index contributed by atoms with van der Waals surface area (Å²) in [6.45, 7) is 0. The van der Waals surface area contributed by atoms with Crippen molar-refractivity contribution in [2.24, 2.45) is 15.9 Å². The predicted octanol–water partition coefficient (Wildman–Crippen LogP) is 6.59. The number of aromatic hydroxyl groups is 2. The van der Waals surface area contributed by atoms with Crippen molar-refractivity contribution < 1.29 is 19.8 Å². The van der Waals surface area contributed by atoms with E-state index in [0.717, 1.165) is 33.6 Å². The molecule has 0 spiro atoms. The molecule has 2 heterocycles. The quantitative estimate of drug-likeness (QED) is 0.282. The molecule has 42 heavy (non-hydrogen) atoms. The molecule has 6 heteroatoms. The van der Waals surface area contributed by atoms with E-state index in [2.05, 4.69) is 0 Å². The number of ketones is 2. The topological polar surface area (TPSA) is 99.3 Å². The maximum absolute atomic E-state index is 14.5. The third-order valence-corrected chi connectivity index (χ3v) is 8.26. The molecule has 0 fully saturated rings. The van der Waals surface area contributed by atoms with Crippen LogP contribution in [0.3, 0.4) is 0 Å². The summed E-state index contributed by atoms with van der Waals surface area (Å²) in [5, 5.41) is 19.6. The van der Waals surface area contributed by atoms with Gasteiger partial charge in [0.15, 0.2) is 11.6 Å². The summed E-state index contributed by atoms with van der Waals surface area (Å²) in [7, 11) is 0. The molecule has 4 aromatic carbocycles. The Bertz CT molecular complexity index is 2040. The molecule has 0 bridgehead atoms. The van der Waals surface area contributed by atoms with Crippen molar-refractivity contribution in [1.82, 2.24) is 0 Å². The fourth-order valence-electron chi connectivity index (χ4n) is 6.35. The standard InChI is InChI=1S/C36H22N2O4/c39-21-13-9-19(10-14-21)17-25-33-29(23-5-1-3-7-27(23)37-33)31(35(25)41)32-30-24-6-2-4-8-28(24)38-34(30)26(36(32)42)18-20-11-15-22(40)16-12-20/h1-17,26,39-40H,18H2/b25-17+. The smallest absolute Gasteiger partial charge is 0.196 e. The molecular formula is C36H22N2O4. The SMILES string of the molecule is O=C1C(C2=C3C(=Nc4ccccc43)C(Cc3ccc(O)cc3)C2=O)=C2C(=Nc3ccccc32)/C1=C\c1ccc(O)cc1. The number of hydrogen-bond donors (Lipinski definition) is 2. The van der Waals surface area contributed by atoms with Gasteiger partial charge in [-0.3, -0.25) is 14.6 Å². The Kier molecular flexibility index (Phi) is 5.15. The number of carbonyl (C=O) groups excluding carboxylic acids is 2. The first-order valence-corrected chi connectivity index (χ1v) is 13.7. The molecule has 0 amide bonds. The van der Waals surface area contributed by atoms with Crippen molar-refractivity contribution in [2.75, 3.05) is 0 Å². The number of phenols is 2. The first-order chi connectivity index (χ1) is 20.5. The largest absolute Gasteiger partial charge is 0.508 e. The van der Waals surface area contributed by atoms with Crippen molar-refractivity contribution in [3.05, 3.63) is 136 Å². The van der Waals surface area contributed by atoms with E-state index in [1.807, 2.05) is 60.7 Å². The van der Waals surface area contributed by atoms with Crippen LogP contribution in [0.4, 0.5) is 11.4 Å². The zero-order valence-electron chi connectivity index (χ0n) is 22.2. The molecular weight excluding hydrogens is 524 g/mol. The third kappa shape index (κ3) is 3.52. The highest BCUT2D eigenvalue weighted by atomic mass is 16.3. The van der Waals surface area contributed by atoms with Gasteiger partial charge in [0.2, 0.25) is 0 Å². The van der Waals surface area contributed by atoms with Crippen LogP contribution in [0.1, 0.15) is 22.3 Å². The molecule has 0 saturated heterocycles. The van der Waals surface area contributed by atoms with Crippen LogP contribution < -0.4 is 0 Å². The highest BCUT2D eigenvalue weighted by molar-refractivity contribution is 6.59. The zero-order valence-corrected chi connectivity index (χ0v) is 22.2. The highest BCUT2D eigenvalue weighted by Gasteiger charge is 2.49. The molecule has 0 saturated carbocycles. The number of aliphatic imine (C=N–C) groups is 2. The molecule has 4 aromatic rings. The molecule has 6 nitrogen and oxygen atoms in total. The Labute approximate surface area is 241 Å². The number of Topliss-reactive ketones (excluding diaryl/α,β-unsaturated/α-hetero) is 2. The summed E-state index contributed by atoms with van der Waals surface area (Å²) in [5.41, 5.74) is 8.59. The fraction of sp³-hybridized carbons (Fsp3) is 0.0556. The van der Waals surface area contributed by atoms with Crippen LogP contribution in [0.5, 0.6) is 11.5 Å². The van der Waals surface area contributed by atoms with Crippen LogP contribution in [-0.2, 0) is 16.0 Å². The van der Waals surface area contributed by atoms with E-state index in [9.17, 15) is 19.8 Å². The van der Waals surface area contributed by atoms with Gasteiger partial charge >= 0.3 is 0 Å². The van der Waals surface area contributed by atoms with E-state index in [1.165, 1.54) is 0 Å². The molecule has 0 radical (unpaired) electrons. The minimum atomic E-state index is -0.574. The molecule has 8 rings (SSSR count). The maximum atomic E-state index is 14.5. The highest BCUT2D eigenvalue weighted by Crippen LogP contribution is 2.52. The minimum absolute atomic E-state index is 0.134. The number of benzene rings is 4. The molecule has 1 unspecified atom stereocenters. The lowest BCUT2D eigenvalue weighted by Gasteiger charge is -2.12. The van der Waals surface area contributed by atoms with Gasteiger partial charge in [0, 0.05) is 39.0 Å². The summed E-state index contributed by atoms with van der Waals surface area (Å²) >= 11 is 0. The van der Waals surface area contributed by atoms with Gasteiger partial charge in [-0.05, 0) is 60.0 Å². The van der Waals surface area contributed by atoms with Crippen LogP contribution >= 0.6 is 0 Å². The number of phenolic OH excluding ortho intramolecular Hbond substituents is 2. The van der Waals surface area contributed by atoms with Crippen molar-refractivity contribution in [3.63, 3.8) is 0 Å². The summed E-state index contributed by atoms with van der Waals surface area (Å²) in [6, 6.07) is 28.8. The number of rotatable bonds is 4. The first kappa shape index (κ1) is 24.2. The number of nitrogens with zero attached hydrogens (tertiary/aromatic N) is 2. The monoisotopic (exact) mass is 546 g/mol. The van der Waals surface area contributed by atoms with E-state index >= 15 is 0 Å². The van der Waals surface area contributed by atoms with Crippen molar-refractivity contribution in [1.29, 1.82) is 0 Å². The van der Waals surface area contributed by atoms with E-state index in [0.29, 0.717) is 45.7 Å². The lowest BCUT2D eigenvalue weighted by atomic mass is 9.89. The summed E-state index contributed by atoms with van der Waals surface area (Å²) in [4.78, 5) is 38.7.